The Kier molecular flexibility index (Phi) is 5.55. The number of pyridine rings is 1. The predicted molar refractivity (Wildman–Crippen MR) is 106 cm³/mol. The molecule has 2 aromatic heterocycles. The van der Waals surface area contributed by atoms with E-state index in [1.807, 2.05) is 43.0 Å². The van der Waals surface area contributed by atoms with Gasteiger partial charge >= 0.3 is 0 Å². The van der Waals surface area contributed by atoms with Gasteiger partial charge in [0.2, 0.25) is 5.89 Å². The molecule has 3 heterocycles. The number of nitrogens with zero attached hydrogens (tertiary/aromatic N) is 4. The zero-order valence-corrected chi connectivity index (χ0v) is 16.8. The van der Waals surface area contributed by atoms with E-state index in [1.165, 1.54) is 0 Å². The van der Waals surface area contributed by atoms with Crippen LogP contribution in [0, 0.1) is 13.8 Å². The van der Waals surface area contributed by atoms with Gasteiger partial charge in [-0.05, 0) is 32.0 Å². The highest BCUT2D eigenvalue weighted by Gasteiger charge is 2.28. The van der Waals surface area contributed by atoms with Crippen molar-refractivity contribution in [3.8, 4) is 0 Å². The lowest BCUT2D eigenvalue weighted by Gasteiger charge is -2.32. The van der Waals surface area contributed by atoms with Crippen LogP contribution in [0.2, 0.25) is 0 Å². The fraction of sp³-hybridized carbons (Fsp3) is 0.429. The molecule has 1 aromatic carbocycles. The molecule has 0 bridgehead atoms. The van der Waals surface area contributed by atoms with Gasteiger partial charge in [-0.3, -0.25) is 9.78 Å². The highest BCUT2D eigenvalue weighted by molar-refractivity contribution is 6.06. The van der Waals surface area contributed by atoms with Crippen molar-refractivity contribution in [1.29, 1.82) is 0 Å². The van der Waals surface area contributed by atoms with Gasteiger partial charge in [-0.25, -0.2) is 0 Å². The third-order valence-electron chi connectivity index (χ3n) is 4.93. The van der Waals surface area contributed by atoms with E-state index >= 15 is 0 Å². The van der Waals surface area contributed by atoms with Gasteiger partial charge in [-0.1, -0.05) is 16.8 Å². The molecule has 0 unspecified atom stereocenters. The van der Waals surface area contributed by atoms with E-state index in [4.69, 9.17) is 14.0 Å². The molecular weight excluding hydrogens is 372 g/mol. The zero-order valence-electron chi connectivity index (χ0n) is 16.8. The highest BCUT2D eigenvalue weighted by Crippen LogP contribution is 2.23. The zero-order chi connectivity index (χ0) is 20.4. The second kappa shape index (κ2) is 8.26. The number of carbonyl (C=O) groups excluding carboxylic acids is 1. The molecule has 0 aliphatic carbocycles. The molecule has 8 heteroatoms. The minimum absolute atomic E-state index is 0.00926. The maximum Gasteiger partial charge on any atom is 0.254 e. The Labute approximate surface area is 168 Å². The first kappa shape index (κ1) is 19.5. The number of carbonyl (C=O) groups is 1. The van der Waals surface area contributed by atoms with Crippen molar-refractivity contribution in [1.82, 2.24) is 20.0 Å². The third kappa shape index (κ3) is 4.28. The predicted octanol–water partition coefficient (Wildman–Crippen LogP) is 2.46. The standard InChI is InChI=1S/C21H24N4O4/c1-13-4-5-18-16(8-13)17(9-14(2)22-18)21(26)25-6-7-28-15(11-25)10-20-23-19(12-27-3)24-29-20/h4-5,8-9,15H,6-7,10-12H2,1-3H3/t15-/m1/s1. The number of hydrogen-bond acceptors (Lipinski definition) is 7. The highest BCUT2D eigenvalue weighted by atomic mass is 16.5. The second-order valence-electron chi connectivity index (χ2n) is 7.32. The minimum Gasteiger partial charge on any atom is -0.377 e. The fourth-order valence-corrected chi connectivity index (χ4v) is 3.60. The first-order chi connectivity index (χ1) is 14.0. The Morgan fingerprint density at radius 3 is 2.97 bits per heavy atom. The van der Waals surface area contributed by atoms with E-state index in [9.17, 15) is 4.79 Å². The van der Waals surface area contributed by atoms with Gasteiger partial charge in [0.15, 0.2) is 5.82 Å². The van der Waals surface area contributed by atoms with Crippen LogP contribution in [-0.2, 0) is 22.5 Å². The molecular formula is C21H24N4O4. The summed E-state index contributed by atoms with van der Waals surface area (Å²) in [6.07, 6.45) is 0.259. The van der Waals surface area contributed by atoms with Gasteiger partial charge < -0.3 is 18.9 Å². The molecule has 152 valence electrons. The van der Waals surface area contributed by atoms with Crippen molar-refractivity contribution in [2.45, 2.75) is 33.0 Å². The summed E-state index contributed by atoms with van der Waals surface area (Å²) in [7, 11) is 1.58. The van der Waals surface area contributed by atoms with Gasteiger partial charge in [0, 0.05) is 31.3 Å². The fourth-order valence-electron chi connectivity index (χ4n) is 3.60. The average molecular weight is 396 g/mol. The first-order valence-corrected chi connectivity index (χ1v) is 9.63. The minimum atomic E-state index is -0.195. The SMILES string of the molecule is COCc1noc(C[C@@H]2CN(C(=O)c3cc(C)nc4ccc(C)cc34)CCO2)n1. The van der Waals surface area contributed by atoms with Crippen molar-refractivity contribution in [2.24, 2.45) is 0 Å². The second-order valence-corrected chi connectivity index (χ2v) is 7.32. The van der Waals surface area contributed by atoms with Crippen LogP contribution in [0.3, 0.4) is 0 Å². The maximum absolute atomic E-state index is 13.3. The first-order valence-electron chi connectivity index (χ1n) is 9.63. The van der Waals surface area contributed by atoms with Crippen LogP contribution in [0.15, 0.2) is 28.8 Å². The number of fused-ring (bicyclic) bond motifs is 1. The van der Waals surface area contributed by atoms with Crippen molar-refractivity contribution in [2.75, 3.05) is 26.8 Å². The summed E-state index contributed by atoms with van der Waals surface area (Å²) < 4.78 is 16.1. The number of rotatable bonds is 5. The lowest BCUT2D eigenvalue weighted by molar-refractivity contribution is -0.0236. The summed E-state index contributed by atoms with van der Waals surface area (Å²) in [5.41, 5.74) is 3.43. The van der Waals surface area contributed by atoms with Gasteiger partial charge in [0.05, 0.1) is 30.2 Å². The summed E-state index contributed by atoms with van der Waals surface area (Å²) in [5, 5.41) is 4.75. The summed E-state index contributed by atoms with van der Waals surface area (Å²) in [4.78, 5) is 24.0. The number of hydrogen-bond donors (Lipinski definition) is 0. The molecule has 0 spiro atoms. The van der Waals surface area contributed by atoms with Gasteiger partial charge in [-0.2, -0.15) is 4.98 Å². The normalized spacial score (nSPS) is 17.1. The summed E-state index contributed by atoms with van der Waals surface area (Å²) >= 11 is 0. The number of morpholine rings is 1. The molecule has 1 atom stereocenters. The van der Waals surface area contributed by atoms with E-state index in [0.717, 1.165) is 22.2 Å². The van der Waals surface area contributed by atoms with Crippen LogP contribution >= 0.6 is 0 Å². The van der Waals surface area contributed by atoms with E-state index in [1.54, 1.807) is 7.11 Å². The lowest BCUT2D eigenvalue weighted by atomic mass is 10.0. The summed E-state index contributed by atoms with van der Waals surface area (Å²) in [5.74, 6) is 0.975. The Morgan fingerprint density at radius 1 is 1.28 bits per heavy atom. The monoisotopic (exact) mass is 396 g/mol. The molecule has 1 aliphatic rings. The number of aromatic nitrogens is 3. The molecule has 4 rings (SSSR count). The lowest BCUT2D eigenvalue weighted by Crippen LogP contribution is -2.46. The largest absolute Gasteiger partial charge is 0.377 e. The van der Waals surface area contributed by atoms with Crippen molar-refractivity contribution >= 4 is 16.8 Å². The van der Waals surface area contributed by atoms with E-state index in [2.05, 4.69) is 15.1 Å². The number of ether oxygens (including phenoxy) is 2. The van der Waals surface area contributed by atoms with Gasteiger partial charge in [0.25, 0.3) is 5.91 Å². The van der Waals surface area contributed by atoms with Crippen LogP contribution in [0.4, 0.5) is 0 Å². The van der Waals surface area contributed by atoms with E-state index < -0.39 is 0 Å². The van der Waals surface area contributed by atoms with E-state index in [-0.39, 0.29) is 12.0 Å². The maximum atomic E-state index is 13.3. The summed E-state index contributed by atoms with van der Waals surface area (Å²) in [6.45, 7) is 5.70. The molecule has 8 nitrogen and oxygen atoms in total. The van der Waals surface area contributed by atoms with Crippen LogP contribution in [0.1, 0.15) is 33.3 Å². The average Bonchev–Trinajstić information content (AvgIpc) is 3.14. The van der Waals surface area contributed by atoms with Crippen LogP contribution in [0.5, 0.6) is 0 Å². The molecule has 0 radical (unpaired) electrons. The Morgan fingerprint density at radius 2 is 2.14 bits per heavy atom. The van der Waals surface area contributed by atoms with Crippen molar-refractivity contribution in [3.05, 3.63) is 52.8 Å². The number of benzene rings is 1. The Balaban J connectivity index is 1.53. The summed E-state index contributed by atoms with van der Waals surface area (Å²) in [6, 6.07) is 7.85. The number of amides is 1. The molecule has 0 N–H and O–H groups in total. The molecule has 1 amide bonds. The van der Waals surface area contributed by atoms with Crippen LogP contribution < -0.4 is 0 Å². The molecule has 1 saturated heterocycles. The van der Waals surface area contributed by atoms with Crippen molar-refractivity contribution in [3.63, 3.8) is 0 Å². The Bertz CT molecular complexity index is 1030. The Hall–Kier alpha value is -2.84. The smallest absolute Gasteiger partial charge is 0.254 e. The third-order valence-corrected chi connectivity index (χ3v) is 4.93. The van der Waals surface area contributed by atoms with Crippen molar-refractivity contribution < 1.29 is 18.8 Å². The van der Waals surface area contributed by atoms with Gasteiger partial charge in [-0.15, -0.1) is 0 Å². The topological polar surface area (TPSA) is 90.6 Å². The van der Waals surface area contributed by atoms with E-state index in [0.29, 0.717) is 50.0 Å². The van der Waals surface area contributed by atoms with Crippen LogP contribution in [0.25, 0.3) is 10.9 Å². The molecule has 3 aromatic rings. The molecule has 29 heavy (non-hydrogen) atoms. The number of methoxy groups -OCH3 is 1. The quantitative estimate of drug-likeness (QED) is 0.654. The van der Waals surface area contributed by atoms with Gasteiger partial charge in [0.1, 0.15) is 6.61 Å². The number of aryl methyl sites for hydroxylation is 2. The molecule has 0 saturated carbocycles. The molecule has 1 aliphatic heterocycles. The molecule has 1 fully saturated rings. The van der Waals surface area contributed by atoms with Crippen LogP contribution in [-0.4, -0.2) is 58.8 Å².